The number of benzene rings is 1. The number of carboxylic acids is 1. The van der Waals surface area contributed by atoms with Gasteiger partial charge < -0.3 is 19.7 Å². The highest BCUT2D eigenvalue weighted by atomic mass is 19.1. The van der Waals surface area contributed by atoms with Crippen LogP contribution in [0.2, 0.25) is 0 Å². The Hall–Kier alpha value is -3.04. The number of carboxylic acid groups (broad SMARTS) is 1. The largest absolute Gasteiger partial charge is 0.481 e. The van der Waals surface area contributed by atoms with Crippen molar-refractivity contribution in [3.63, 3.8) is 0 Å². The van der Waals surface area contributed by atoms with E-state index in [-0.39, 0.29) is 13.2 Å². The predicted octanol–water partition coefficient (Wildman–Crippen LogP) is 4.35. The fourth-order valence-corrected chi connectivity index (χ4v) is 5.04. The summed E-state index contributed by atoms with van der Waals surface area (Å²) in [6.45, 7) is 5.55. The molecule has 194 valence electrons. The summed E-state index contributed by atoms with van der Waals surface area (Å²) in [5, 5.41) is 10.7. The number of fused-ring (bicyclic) bond motifs is 3. The van der Waals surface area contributed by atoms with E-state index in [1.165, 1.54) is 6.20 Å². The van der Waals surface area contributed by atoms with E-state index in [0.717, 1.165) is 28.6 Å². The molecule has 1 aliphatic rings. The van der Waals surface area contributed by atoms with Gasteiger partial charge in [0.15, 0.2) is 0 Å². The number of likely N-dealkylation sites (N-methyl/N-ethyl adjacent to an activating group) is 1. The number of alkyl halides is 1. The number of aliphatic carboxylic acids is 1. The Bertz CT molecular complexity index is 1220. The molecule has 9 heteroatoms. The average molecular weight is 501 g/mol. The van der Waals surface area contributed by atoms with Gasteiger partial charge in [-0.1, -0.05) is 25.1 Å². The number of hydrogen-bond acceptors (Lipinski definition) is 5. The summed E-state index contributed by atoms with van der Waals surface area (Å²) in [4.78, 5) is 23.4. The van der Waals surface area contributed by atoms with Crippen LogP contribution in [0.1, 0.15) is 41.8 Å². The second kappa shape index (κ2) is 11.3. The number of aromatic nitrogens is 2. The molecule has 2 aromatic heterocycles. The Kier molecular flexibility index (Phi) is 8.21. The SMILES string of the molecule is Cc1c(OCCN(C)CCCF)ncc(F)c1C1c2[nH]c3ccccc3c2CCN1CC(C)C(=O)O. The zero-order chi connectivity index (χ0) is 25.8. The average Bonchev–Trinajstić information content (AvgIpc) is 3.23. The maximum absolute atomic E-state index is 15.5. The predicted molar refractivity (Wildman–Crippen MR) is 135 cm³/mol. The number of nitrogens with one attached hydrogen (secondary N) is 1. The van der Waals surface area contributed by atoms with Gasteiger partial charge >= 0.3 is 5.97 Å². The van der Waals surface area contributed by atoms with Gasteiger partial charge in [-0.2, -0.15) is 0 Å². The molecular weight excluding hydrogens is 466 g/mol. The molecule has 3 heterocycles. The molecule has 36 heavy (non-hydrogen) atoms. The Morgan fingerprint density at radius 2 is 2.14 bits per heavy atom. The van der Waals surface area contributed by atoms with E-state index in [1.807, 2.05) is 35.0 Å². The van der Waals surface area contributed by atoms with Crippen LogP contribution in [0.15, 0.2) is 30.5 Å². The van der Waals surface area contributed by atoms with Crippen molar-refractivity contribution in [2.24, 2.45) is 5.92 Å². The standard InChI is InChI=1S/C27H34F2N4O3/c1-17(27(34)35)16-33-12-9-20-19-7-4-5-8-22(19)31-24(20)25(33)23-18(2)26(30-15-21(23)29)36-14-13-32(3)11-6-10-28/h4-5,7-8,15,17,25,31H,6,9-14,16H2,1-3H3,(H,34,35). The van der Waals surface area contributed by atoms with Gasteiger partial charge in [0.2, 0.25) is 5.88 Å². The summed E-state index contributed by atoms with van der Waals surface area (Å²) in [7, 11) is 1.90. The maximum Gasteiger partial charge on any atom is 0.307 e. The number of hydrogen-bond donors (Lipinski definition) is 2. The van der Waals surface area contributed by atoms with E-state index < -0.39 is 23.7 Å². The summed E-state index contributed by atoms with van der Waals surface area (Å²) in [6.07, 6.45) is 2.39. The minimum absolute atomic E-state index is 0.283. The van der Waals surface area contributed by atoms with Gasteiger partial charge in [0.05, 0.1) is 24.8 Å². The van der Waals surface area contributed by atoms with Gasteiger partial charge in [0, 0.05) is 53.9 Å². The quantitative estimate of drug-likeness (QED) is 0.408. The molecule has 2 N–H and O–H groups in total. The van der Waals surface area contributed by atoms with E-state index in [9.17, 15) is 14.3 Å². The number of pyridine rings is 1. The van der Waals surface area contributed by atoms with E-state index in [1.54, 1.807) is 13.8 Å². The van der Waals surface area contributed by atoms with E-state index >= 15 is 4.39 Å². The van der Waals surface area contributed by atoms with Crippen LogP contribution < -0.4 is 4.74 Å². The van der Waals surface area contributed by atoms with Crippen LogP contribution >= 0.6 is 0 Å². The highest BCUT2D eigenvalue weighted by Gasteiger charge is 2.36. The van der Waals surface area contributed by atoms with Crippen LogP contribution in [-0.2, 0) is 11.2 Å². The highest BCUT2D eigenvalue weighted by molar-refractivity contribution is 5.85. The molecule has 0 saturated carbocycles. The number of H-pyrrole nitrogens is 1. The molecule has 0 fully saturated rings. The Balaban J connectivity index is 1.70. The van der Waals surface area contributed by atoms with Crippen molar-refractivity contribution in [1.29, 1.82) is 0 Å². The number of nitrogens with zero attached hydrogens (tertiary/aromatic N) is 3. The summed E-state index contributed by atoms with van der Waals surface area (Å²) in [6, 6.07) is 7.50. The first kappa shape index (κ1) is 26.0. The van der Waals surface area contributed by atoms with Crippen LogP contribution in [0.3, 0.4) is 0 Å². The van der Waals surface area contributed by atoms with Crippen molar-refractivity contribution in [3.8, 4) is 5.88 Å². The Morgan fingerprint density at radius 3 is 2.89 bits per heavy atom. The van der Waals surface area contributed by atoms with Gasteiger partial charge in [-0.3, -0.25) is 14.1 Å². The highest BCUT2D eigenvalue weighted by Crippen LogP contribution is 2.41. The monoisotopic (exact) mass is 500 g/mol. The molecule has 1 aromatic carbocycles. The molecule has 7 nitrogen and oxygen atoms in total. The number of rotatable bonds is 11. The second-order valence-electron chi connectivity index (χ2n) is 9.59. The van der Waals surface area contributed by atoms with Crippen molar-refractivity contribution in [1.82, 2.24) is 19.8 Å². The van der Waals surface area contributed by atoms with Crippen LogP contribution in [0.4, 0.5) is 8.78 Å². The molecule has 2 atom stereocenters. The van der Waals surface area contributed by atoms with Crippen LogP contribution in [0.5, 0.6) is 5.88 Å². The van der Waals surface area contributed by atoms with Gasteiger partial charge in [-0.05, 0) is 38.4 Å². The molecule has 2 unspecified atom stereocenters. The fourth-order valence-electron chi connectivity index (χ4n) is 5.04. The molecule has 4 rings (SSSR count). The topological polar surface area (TPSA) is 81.7 Å². The lowest BCUT2D eigenvalue weighted by atomic mass is 9.89. The van der Waals surface area contributed by atoms with Gasteiger partial charge in [-0.25, -0.2) is 9.37 Å². The zero-order valence-corrected chi connectivity index (χ0v) is 21.1. The number of ether oxygens (including phenoxy) is 1. The zero-order valence-electron chi connectivity index (χ0n) is 21.1. The molecule has 0 aliphatic carbocycles. The third kappa shape index (κ3) is 5.37. The number of aromatic amines is 1. The first-order valence-corrected chi connectivity index (χ1v) is 12.4. The van der Waals surface area contributed by atoms with Crippen molar-refractivity contribution < 1.29 is 23.4 Å². The van der Waals surface area contributed by atoms with Crippen molar-refractivity contribution >= 4 is 16.9 Å². The lowest BCUT2D eigenvalue weighted by Crippen LogP contribution is -2.41. The van der Waals surface area contributed by atoms with Crippen molar-refractivity contribution in [3.05, 3.63) is 58.7 Å². The molecule has 0 spiro atoms. The molecular formula is C27H34F2N4O3. The lowest BCUT2D eigenvalue weighted by molar-refractivity contribution is -0.141. The summed E-state index contributed by atoms with van der Waals surface area (Å²) < 4.78 is 33.9. The van der Waals surface area contributed by atoms with Crippen molar-refractivity contribution in [2.75, 3.05) is 46.5 Å². The van der Waals surface area contributed by atoms with Gasteiger partial charge in [0.25, 0.3) is 0 Å². The second-order valence-corrected chi connectivity index (χ2v) is 9.59. The molecule has 0 bridgehead atoms. The Labute approximate surface area is 210 Å². The molecule has 0 amide bonds. The third-order valence-electron chi connectivity index (χ3n) is 7.00. The van der Waals surface area contributed by atoms with Crippen molar-refractivity contribution in [2.45, 2.75) is 32.7 Å². The molecule has 0 saturated heterocycles. The third-order valence-corrected chi connectivity index (χ3v) is 7.00. The van der Waals surface area contributed by atoms with E-state index in [2.05, 4.69) is 16.0 Å². The molecule has 0 radical (unpaired) electrons. The van der Waals surface area contributed by atoms with E-state index in [4.69, 9.17) is 4.74 Å². The smallest absolute Gasteiger partial charge is 0.307 e. The minimum atomic E-state index is -0.885. The lowest BCUT2D eigenvalue weighted by Gasteiger charge is -2.38. The first-order chi connectivity index (χ1) is 17.3. The van der Waals surface area contributed by atoms with Gasteiger partial charge in [-0.15, -0.1) is 0 Å². The van der Waals surface area contributed by atoms with Gasteiger partial charge in [0.1, 0.15) is 12.4 Å². The molecule has 3 aromatic rings. The Morgan fingerprint density at radius 1 is 1.36 bits per heavy atom. The summed E-state index contributed by atoms with van der Waals surface area (Å²) in [5.74, 6) is -1.60. The van der Waals surface area contributed by atoms with Crippen LogP contribution in [0.25, 0.3) is 10.9 Å². The molecule has 1 aliphatic heterocycles. The number of para-hydroxylation sites is 1. The summed E-state index contributed by atoms with van der Waals surface area (Å²) >= 11 is 0. The van der Waals surface area contributed by atoms with E-state index in [0.29, 0.717) is 49.7 Å². The summed E-state index contributed by atoms with van der Waals surface area (Å²) in [5.41, 5.74) is 4.01. The van der Waals surface area contributed by atoms with Crippen LogP contribution in [0, 0.1) is 18.7 Å². The maximum atomic E-state index is 15.5. The fraction of sp³-hybridized carbons (Fsp3) is 0.481. The number of carbonyl (C=O) groups is 1. The van der Waals surface area contributed by atoms with Crippen LogP contribution in [-0.4, -0.2) is 77.4 Å². The minimum Gasteiger partial charge on any atom is -0.481 e. The normalized spacial score (nSPS) is 16.9. The number of halogens is 2. The first-order valence-electron chi connectivity index (χ1n) is 12.4.